The van der Waals surface area contributed by atoms with Crippen molar-refractivity contribution in [2.24, 2.45) is 0 Å². The number of halogens is 1. The van der Waals surface area contributed by atoms with E-state index < -0.39 is 4.92 Å². The summed E-state index contributed by atoms with van der Waals surface area (Å²) in [4.78, 5) is 14.3. The lowest BCUT2D eigenvalue weighted by atomic mass is 9.87. The van der Waals surface area contributed by atoms with Crippen molar-refractivity contribution in [2.45, 2.75) is 26.2 Å². The van der Waals surface area contributed by atoms with Gasteiger partial charge in [0.1, 0.15) is 10.9 Å². The van der Waals surface area contributed by atoms with Crippen LogP contribution in [0.1, 0.15) is 26.3 Å². The molecule has 1 aromatic carbocycles. The van der Waals surface area contributed by atoms with Gasteiger partial charge in [0.25, 0.3) is 0 Å². The molecule has 0 amide bonds. The molecule has 2 aromatic rings. The second-order valence-electron chi connectivity index (χ2n) is 5.60. The molecule has 1 aromatic heterocycles. The lowest BCUT2D eigenvalue weighted by molar-refractivity contribution is -0.386. The number of hydrogen-bond donors (Lipinski definition) is 0. The van der Waals surface area contributed by atoms with Crippen LogP contribution >= 0.6 is 11.6 Å². The first-order valence-electron chi connectivity index (χ1n) is 6.37. The third-order valence-corrected chi connectivity index (χ3v) is 3.13. The van der Waals surface area contributed by atoms with E-state index in [-0.39, 0.29) is 22.1 Å². The number of rotatable bonds is 3. The van der Waals surface area contributed by atoms with Crippen molar-refractivity contribution in [3.8, 4) is 11.6 Å². The molecule has 0 unspecified atom stereocenters. The standard InChI is InChI=1S/C15H15ClN2O3/c1-15(2,3)10-5-4-6-11(9-10)21-14-12(18(19)20)7-8-13(16)17-14/h4-9H,1-3H3. The summed E-state index contributed by atoms with van der Waals surface area (Å²) in [7, 11) is 0. The molecule has 1 heterocycles. The molecule has 0 N–H and O–H groups in total. The summed E-state index contributed by atoms with van der Waals surface area (Å²) in [6.45, 7) is 6.23. The number of pyridine rings is 1. The first-order chi connectivity index (χ1) is 9.77. The van der Waals surface area contributed by atoms with Crippen LogP contribution in [0.25, 0.3) is 0 Å². The maximum atomic E-state index is 11.0. The summed E-state index contributed by atoms with van der Waals surface area (Å²) in [6.07, 6.45) is 0. The third kappa shape index (κ3) is 3.70. The van der Waals surface area contributed by atoms with E-state index >= 15 is 0 Å². The molecule has 6 heteroatoms. The van der Waals surface area contributed by atoms with E-state index in [1.165, 1.54) is 12.1 Å². The molecule has 0 aliphatic rings. The van der Waals surface area contributed by atoms with Crippen molar-refractivity contribution in [1.29, 1.82) is 0 Å². The predicted octanol–water partition coefficient (Wildman–Crippen LogP) is 4.73. The van der Waals surface area contributed by atoms with Crippen LogP contribution in [0.4, 0.5) is 5.69 Å². The Labute approximate surface area is 127 Å². The molecule has 0 fully saturated rings. The summed E-state index contributed by atoms with van der Waals surface area (Å²) >= 11 is 5.78. The van der Waals surface area contributed by atoms with Crippen molar-refractivity contribution in [3.05, 3.63) is 57.2 Å². The molecule has 0 saturated heterocycles. The van der Waals surface area contributed by atoms with Gasteiger partial charge in [-0.3, -0.25) is 10.1 Å². The number of aromatic nitrogens is 1. The first kappa shape index (κ1) is 15.3. The third-order valence-electron chi connectivity index (χ3n) is 2.92. The van der Waals surface area contributed by atoms with Crippen LogP contribution in [0.5, 0.6) is 11.6 Å². The van der Waals surface area contributed by atoms with Gasteiger partial charge in [-0.2, -0.15) is 4.98 Å². The van der Waals surface area contributed by atoms with Gasteiger partial charge in [-0.15, -0.1) is 0 Å². The minimum absolute atomic E-state index is 0.0485. The zero-order chi connectivity index (χ0) is 15.6. The topological polar surface area (TPSA) is 65.3 Å². The molecular weight excluding hydrogens is 292 g/mol. The smallest absolute Gasteiger partial charge is 0.331 e. The van der Waals surface area contributed by atoms with Crippen LogP contribution < -0.4 is 4.74 Å². The quantitative estimate of drug-likeness (QED) is 0.467. The minimum atomic E-state index is -0.549. The first-order valence-corrected chi connectivity index (χ1v) is 6.74. The SMILES string of the molecule is CC(C)(C)c1cccc(Oc2nc(Cl)ccc2[N+](=O)[O-])c1. The van der Waals surface area contributed by atoms with Crippen LogP contribution in [0.3, 0.4) is 0 Å². The predicted molar refractivity (Wildman–Crippen MR) is 81.1 cm³/mol. The normalized spacial score (nSPS) is 11.2. The second-order valence-corrected chi connectivity index (χ2v) is 5.98. The highest BCUT2D eigenvalue weighted by molar-refractivity contribution is 6.29. The summed E-state index contributed by atoms with van der Waals surface area (Å²) in [6, 6.07) is 10.0. The Morgan fingerprint density at radius 1 is 1.24 bits per heavy atom. The fourth-order valence-electron chi connectivity index (χ4n) is 1.76. The molecule has 0 atom stereocenters. The molecule has 2 rings (SSSR count). The molecule has 0 aliphatic carbocycles. The lowest BCUT2D eigenvalue weighted by Gasteiger charge is -2.19. The van der Waals surface area contributed by atoms with Gasteiger partial charge in [0, 0.05) is 6.07 Å². The Bertz CT molecular complexity index is 681. The van der Waals surface area contributed by atoms with E-state index in [2.05, 4.69) is 25.8 Å². The van der Waals surface area contributed by atoms with E-state index in [0.717, 1.165) is 5.56 Å². The fourth-order valence-corrected chi connectivity index (χ4v) is 1.90. The number of ether oxygens (including phenoxy) is 1. The van der Waals surface area contributed by atoms with Crippen molar-refractivity contribution in [2.75, 3.05) is 0 Å². The number of benzene rings is 1. The van der Waals surface area contributed by atoms with Gasteiger partial charge in [0.05, 0.1) is 4.92 Å². The van der Waals surface area contributed by atoms with Crippen molar-refractivity contribution in [1.82, 2.24) is 4.98 Å². The van der Waals surface area contributed by atoms with Gasteiger partial charge < -0.3 is 4.74 Å². The Hall–Kier alpha value is -2.14. The van der Waals surface area contributed by atoms with Crippen molar-refractivity contribution in [3.63, 3.8) is 0 Å². The zero-order valence-electron chi connectivity index (χ0n) is 12.0. The van der Waals surface area contributed by atoms with Crippen LogP contribution in [0, 0.1) is 10.1 Å². The number of hydrogen-bond acceptors (Lipinski definition) is 4. The monoisotopic (exact) mass is 306 g/mol. The highest BCUT2D eigenvalue weighted by Gasteiger charge is 2.19. The Kier molecular flexibility index (Phi) is 4.14. The van der Waals surface area contributed by atoms with Gasteiger partial charge >= 0.3 is 11.6 Å². The van der Waals surface area contributed by atoms with E-state index in [4.69, 9.17) is 16.3 Å². The molecule has 0 radical (unpaired) electrons. The molecule has 0 bridgehead atoms. The van der Waals surface area contributed by atoms with Crippen LogP contribution in [-0.2, 0) is 5.41 Å². The summed E-state index contributed by atoms with van der Waals surface area (Å²) in [5.74, 6) is 0.374. The van der Waals surface area contributed by atoms with Crippen LogP contribution in [0.15, 0.2) is 36.4 Å². The molecule has 21 heavy (non-hydrogen) atoms. The van der Waals surface area contributed by atoms with Gasteiger partial charge in [0.15, 0.2) is 0 Å². The highest BCUT2D eigenvalue weighted by Crippen LogP contribution is 2.32. The van der Waals surface area contributed by atoms with E-state index in [9.17, 15) is 10.1 Å². The second kappa shape index (κ2) is 5.69. The van der Waals surface area contributed by atoms with Crippen LogP contribution in [0.2, 0.25) is 5.15 Å². The summed E-state index contributed by atoms with van der Waals surface area (Å²) in [5.41, 5.74) is 0.790. The molecule has 0 spiro atoms. The maximum Gasteiger partial charge on any atom is 0.331 e. The Morgan fingerprint density at radius 2 is 1.95 bits per heavy atom. The maximum absolute atomic E-state index is 11.0. The van der Waals surface area contributed by atoms with E-state index in [1.807, 2.05) is 18.2 Å². The lowest BCUT2D eigenvalue weighted by Crippen LogP contribution is -2.10. The number of nitro groups is 1. The average molecular weight is 307 g/mol. The Balaban J connectivity index is 2.39. The molecule has 5 nitrogen and oxygen atoms in total. The highest BCUT2D eigenvalue weighted by atomic mass is 35.5. The zero-order valence-corrected chi connectivity index (χ0v) is 12.7. The molecule has 0 saturated carbocycles. The van der Waals surface area contributed by atoms with Gasteiger partial charge in [-0.05, 0) is 29.2 Å². The molecule has 0 aliphatic heterocycles. The summed E-state index contributed by atoms with van der Waals surface area (Å²) in [5, 5.41) is 11.1. The molecular formula is C15H15ClN2O3. The van der Waals surface area contributed by atoms with E-state index in [1.54, 1.807) is 6.07 Å². The van der Waals surface area contributed by atoms with E-state index in [0.29, 0.717) is 5.75 Å². The largest absolute Gasteiger partial charge is 0.434 e. The fraction of sp³-hybridized carbons (Fsp3) is 0.267. The molecule has 110 valence electrons. The Morgan fingerprint density at radius 3 is 2.57 bits per heavy atom. The van der Waals surface area contributed by atoms with Crippen LogP contribution in [-0.4, -0.2) is 9.91 Å². The van der Waals surface area contributed by atoms with Gasteiger partial charge in [-0.25, -0.2) is 0 Å². The number of nitrogens with zero attached hydrogens (tertiary/aromatic N) is 2. The van der Waals surface area contributed by atoms with Crippen molar-refractivity contribution < 1.29 is 9.66 Å². The average Bonchev–Trinajstić information content (AvgIpc) is 2.37. The summed E-state index contributed by atoms with van der Waals surface area (Å²) < 4.78 is 5.55. The van der Waals surface area contributed by atoms with Gasteiger partial charge in [0.2, 0.25) is 0 Å². The minimum Gasteiger partial charge on any atom is -0.434 e. The van der Waals surface area contributed by atoms with Gasteiger partial charge in [-0.1, -0.05) is 44.5 Å². The van der Waals surface area contributed by atoms with Crippen molar-refractivity contribution >= 4 is 17.3 Å².